The molecule has 0 aromatic heterocycles. The van der Waals surface area contributed by atoms with Gasteiger partial charge in [0.1, 0.15) is 17.6 Å². The van der Waals surface area contributed by atoms with Crippen LogP contribution in [-0.4, -0.2) is 26.2 Å². The first-order valence-electron chi connectivity index (χ1n) is 5.30. The number of nitrogens with two attached hydrogens (primary N) is 1. The standard InChI is InChI=1S/C12H18N2O3/c1-8(2)17-14-12(13)10-6-5-9(15-3)7-11(10)16-4/h5-8H,1-4H3,(H2,13,14). The summed E-state index contributed by atoms with van der Waals surface area (Å²) < 4.78 is 10.3. The third-order valence-electron chi connectivity index (χ3n) is 2.05. The smallest absolute Gasteiger partial charge is 0.174 e. The lowest BCUT2D eigenvalue weighted by molar-refractivity contribution is 0.0858. The molecule has 0 radical (unpaired) electrons. The first-order valence-corrected chi connectivity index (χ1v) is 5.30. The molecule has 0 atom stereocenters. The molecule has 5 nitrogen and oxygen atoms in total. The fraction of sp³-hybridized carbons (Fsp3) is 0.417. The largest absolute Gasteiger partial charge is 0.497 e. The Hall–Kier alpha value is -1.91. The van der Waals surface area contributed by atoms with Crippen molar-refractivity contribution in [3.63, 3.8) is 0 Å². The summed E-state index contributed by atoms with van der Waals surface area (Å²) in [6, 6.07) is 5.31. The zero-order chi connectivity index (χ0) is 12.8. The van der Waals surface area contributed by atoms with Gasteiger partial charge < -0.3 is 20.0 Å². The molecule has 0 aliphatic rings. The fourth-order valence-electron chi connectivity index (χ4n) is 1.22. The molecular weight excluding hydrogens is 220 g/mol. The highest BCUT2D eigenvalue weighted by atomic mass is 16.6. The van der Waals surface area contributed by atoms with Gasteiger partial charge in [-0.05, 0) is 26.0 Å². The van der Waals surface area contributed by atoms with Gasteiger partial charge in [-0.1, -0.05) is 5.16 Å². The van der Waals surface area contributed by atoms with Gasteiger partial charge in [0.05, 0.1) is 19.8 Å². The van der Waals surface area contributed by atoms with Crippen molar-refractivity contribution in [2.45, 2.75) is 20.0 Å². The van der Waals surface area contributed by atoms with Gasteiger partial charge in [0, 0.05) is 6.07 Å². The number of amidine groups is 1. The molecule has 0 bridgehead atoms. The zero-order valence-electron chi connectivity index (χ0n) is 10.6. The van der Waals surface area contributed by atoms with Gasteiger partial charge in [0.2, 0.25) is 0 Å². The highest BCUT2D eigenvalue weighted by Crippen LogP contribution is 2.24. The molecule has 5 heteroatoms. The van der Waals surface area contributed by atoms with Gasteiger partial charge in [-0.2, -0.15) is 0 Å². The van der Waals surface area contributed by atoms with E-state index in [1.54, 1.807) is 32.4 Å². The minimum absolute atomic E-state index is 0.0159. The second kappa shape index (κ2) is 5.98. The highest BCUT2D eigenvalue weighted by Gasteiger charge is 2.09. The van der Waals surface area contributed by atoms with E-state index in [0.29, 0.717) is 17.1 Å². The summed E-state index contributed by atoms with van der Waals surface area (Å²) in [4.78, 5) is 5.09. The van der Waals surface area contributed by atoms with E-state index in [-0.39, 0.29) is 11.9 Å². The van der Waals surface area contributed by atoms with Crippen LogP contribution in [0.1, 0.15) is 19.4 Å². The normalized spacial score (nSPS) is 11.5. The summed E-state index contributed by atoms with van der Waals surface area (Å²) in [5.41, 5.74) is 6.49. The lowest BCUT2D eigenvalue weighted by Crippen LogP contribution is -2.16. The van der Waals surface area contributed by atoms with E-state index in [0.717, 1.165) is 0 Å². The Morgan fingerprint density at radius 3 is 2.47 bits per heavy atom. The average molecular weight is 238 g/mol. The number of hydrogen-bond donors (Lipinski definition) is 1. The molecule has 0 saturated carbocycles. The van der Waals surface area contributed by atoms with Crippen molar-refractivity contribution in [3.05, 3.63) is 23.8 Å². The first-order chi connectivity index (χ1) is 8.08. The predicted octanol–water partition coefficient (Wildman–Crippen LogP) is 1.75. The Kier molecular flexibility index (Phi) is 4.63. The number of hydrogen-bond acceptors (Lipinski definition) is 4. The third kappa shape index (κ3) is 3.55. The van der Waals surface area contributed by atoms with Crippen LogP contribution in [0.4, 0.5) is 0 Å². The second-order valence-corrected chi connectivity index (χ2v) is 3.70. The summed E-state index contributed by atoms with van der Waals surface area (Å²) >= 11 is 0. The SMILES string of the molecule is COc1ccc(/C(N)=N/OC(C)C)c(OC)c1. The molecule has 2 N–H and O–H groups in total. The van der Waals surface area contributed by atoms with E-state index in [2.05, 4.69) is 5.16 Å². The molecule has 94 valence electrons. The Bertz CT molecular complexity index is 403. The maximum atomic E-state index is 5.82. The van der Waals surface area contributed by atoms with Crippen molar-refractivity contribution in [1.29, 1.82) is 0 Å². The monoisotopic (exact) mass is 238 g/mol. The molecule has 0 fully saturated rings. The Labute approximate surface area is 101 Å². The van der Waals surface area contributed by atoms with Gasteiger partial charge in [0.25, 0.3) is 0 Å². The number of methoxy groups -OCH3 is 2. The lowest BCUT2D eigenvalue weighted by Gasteiger charge is -2.10. The summed E-state index contributed by atoms with van der Waals surface area (Å²) in [6.07, 6.45) is -0.0159. The lowest BCUT2D eigenvalue weighted by atomic mass is 10.2. The molecule has 0 spiro atoms. The summed E-state index contributed by atoms with van der Waals surface area (Å²) in [6.45, 7) is 3.75. The van der Waals surface area contributed by atoms with Gasteiger partial charge in [-0.3, -0.25) is 0 Å². The van der Waals surface area contributed by atoms with Crippen LogP contribution in [0, 0.1) is 0 Å². The van der Waals surface area contributed by atoms with Gasteiger partial charge in [-0.25, -0.2) is 0 Å². The van der Waals surface area contributed by atoms with E-state index in [9.17, 15) is 0 Å². The van der Waals surface area contributed by atoms with Crippen LogP contribution in [-0.2, 0) is 4.84 Å². The summed E-state index contributed by atoms with van der Waals surface area (Å²) in [5, 5.41) is 3.83. The molecule has 1 aromatic rings. The van der Waals surface area contributed by atoms with Crippen molar-refractivity contribution >= 4 is 5.84 Å². The maximum Gasteiger partial charge on any atom is 0.174 e. The average Bonchev–Trinajstić information content (AvgIpc) is 2.34. The molecule has 0 aliphatic carbocycles. The van der Waals surface area contributed by atoms with E-state index < -0.39 is 0 Å². The molecule has 1 aromatic carbocycles. The Balaban J connectivity index is 3.00. The highest BCUT2D eigenvalue weighted by molar-refractivity contribution is 5.99. The fourth-order valence-corrected chi connectivity index (χ4v) is 1.22. The van der Waals surface area contributed by atoms with Crippen molar-refractivity contribution in [1.82, 2.24) is 0 Å². The molecule has 17 heavy (non-hydrogen) atoms. The molecule has 0 unspecified atom stereocenters. The Morgan fingerprint density at radius 1 is 1.24 bits per heavy atom. The van der Waals surface area contributed by atoms with Crippen LogP contribution < -0.4 is 15.2 Å². The number of ether oxygens (including phenoxy) is 2. The summed E-state index contributed by atoms with van der Waals surface area (Å²) in [7, 11) is 3.16. The van der Waals surface area contributed by atoms with E-state index in [4.69, 9.17) is 20.0 Å². The molecular formula is C12H18N2O3. The second-order valence-electron chi connectivity index (χ2n) is 3.70. The molecule has 0 aliphatic heterocycles. The van der Waals surface area contributed by atoms with Crippen molar-refractivity contribution in [2.75, 3.05) is 14.2 Å². The molecule has 0 heterocycles. The van der Waals surface area contributed by atoms with Gasteiger partial charge >= 0.3 is 0 Å². The Morgan fingerprint density at radius 2 is 1.94 bits per heavy atom. The number of benzene rings is 1. The number of rotatable bonds is 5. The predicted molar refractivity (Wildman–Crippen MR) is 66.5 cm³/mol. The van der Waals surface area contributed by atoms with E-state index in [1.807, 2.05) is 13.8 Å². The van der Waals surface area contributed by atoms with Crippen LogP contribution in [0.2, 0.25) is 0 Å². The van der Waals surface area contributed by atoms with Crippen LogP contribution in [0.5, 0.6) is 11.5 Å². The maximum absolute atomic E-state index is 5.82. The van der Waals surface area contributed by atoms with Crippen LogP contribution in [0.3, 0.4) is 0 Å². The van der Waals surface area contributed by atoms with Crippen LogP contribution >= 0.6 is 0 Å². The van der Waals surface area contributed by atoms with Crippen molar-refractivity contribution in [2.24, 2.45) is 10.9 Å². The molecule has 0 saturated heterocycles. The van der Waals surface area contributed by atoms with Crippen LogP contribution in [0.25, 0.3) is 0 Å². The first kappa shape index (κ1) is 13.2. The molecule has 0 amide bonds. The van der Waals surface area contributed by atoms with Crippen LogP contribution in [0.15, 0.2) is 23.4 Å². The number of nitrogens with zero attached hydrogens (tertiary/aromatic N) is 1. The summed E-state index contributed by atoms with van der Waals surface area (Å²) in [5.74, 6) is 1.57. The van der Waals surface area contributed by atoms with Gasteiger partial charge in [-0.15, -0.1) is 0 Å². The molecule has 1 rings (SSSR count). The zero-order valence-corrected chi connectivity index (χ0v) is 10.6. The third-order valence-corrected chi connectivity index (χ3v) is 2.05. The van der Waals surface area contributed by atoms with Gasteiger partial charge in [0.15, 0.2) is 5.84 Å². The van der Waals surface area contributed by atoms with E-state index in [1.165, 1.54) is 0 Å². The number of oxime groups is 1. The van der Waals surface area contributed by atoms with Crippen molar-refractivity contribution < 1.29 is 14.3 Å². The minimum Gasteiger partial charge on any atom is -0.497 e. The van der Waals surface area contributed by atoms with E-state index >= 15 is 0 Å². The topological polar surface area (TPSA) is 66.1 Å². The van der Waals surface area contributed by atoms with Crippen molar-refractivity contribution in [3.8, 4) is 11.5 Å². The quantitative estimate of drug-likeness (QED) is 0.482. The minimum atomic E-state index is -0.0159.